The first-order valence-corrected chi connectivity index (χ1v) is 13.2. The molecule has 9 nitrogen and oxygen atoms in total. The smallest absolute Gasteiger partial charge is 0.256 e. The van der Waals surface area contributed by atoms with Crippen molar-refractivity contribution in [2.45, 2.75) is 24.0 Å². The number of hydrogen-bond acceptors (Lipinski definition) is 7. The van der Waals surface area contributed by atoms with Gasteiger partial charge in [0.05, 0.1) is 4.90 Å². The summed E-state index contributed by atoms with van der Waals surface area (Å²) in [6.45, 7) is 3.50. The number of sulfonamides is 1. The number of carbonyl (C=O) groups excluding carboxylic acids is 1. The molecule has 184 valence electrons. The van der Waals surface area contributed by atoms with E-state index >= 15 is 0 Å². The van der Waals surface area contributed by atoms with Crippen LogP contribution in [0.25, 0.3) is 0 Å². The lowest BCUT2D eigenvalue weighted by atomic mass is 9.92. The molecule has 10 heteroatoms. The number of nitrogens with zero attached hydrogens (tertiary/aromatic N) is 2. The van der Waals surface area contributed by atoms with Gasteiger partial charge in [-0.1, -0.05) is 18.2 Å². The SMILES string of the molecule is O=C(C(O)c1cccc2c1CCNC2)N1CC2=C(C1)CN(S(=O)(=O)c1ccc3c(c1)OCCO3)C2. The molecule has 35 heavy (non-hydrogen) atoms. The van der Waals surface area contributed by atoms with Crippen LogP contribution < -0.4 is 14.8 Å². The molecule has 0 saturated carbocycles. The molecule has 1 unspecified atom stereocenters. The summed E-state index contributed by atoms with van der Waals surface area (Å²) < 4.78 is 39.0. The Morgan fingerprint density at radius 3 is 2.51 bits per heavy atom. The van der Waals surface area contributed by atoms with Gasteiger partial charge in [-0.25, -0.2) is 8.42 Å². The van der Waals surface area contributed by atoms with Crippen LogP contribution in [0.2, 0.25) is 0 Å². The van der Waals surface area contributed by atoms with E-state index in [0.717, 1.165) is 41.8 Å². The van der Waals surface area contributed by atoms with Crippen LogP contribution in [0.4, 0.5) is 0 Å². The van der Waals surface area contributed by atoms with Crippen molar-refractivity contribution in [1.82, 2.24) is 14.5 Å². The van der Waals surface area contributed by atoms with Gasteiger partial charge in [-0.15, -0.1) is 0 Å². The highest BCUT2D eigenvalue weighted by atomic mass is 32.2. The van der Waals surface area contributed by atoms with E-state index in [1.165, 1.54) is 16.4 Å². The Bertz CT molecular complexity index is 1320. The van der Waals surface area contributed by atoms with Crippen molar-refractivity contribution in [3.63, 3.8) is 0 Å². The topological polar surface area (TPSA) is 108 Å². The minimum atomic E-state index is -3.72. The zero-order valence-corrected chi connectivity index (χ0v) is 20.0. The average Bonchev–Trinajstić information content (AvgIpc) is 3.47. The van der Waals surface area contributed by atoms with Gasteiger partial charge in [0.15, 0.2) is 17.6 Å². The Balaban J connectivity index is 1.14. The minimum absolute atomic E-state index is 0.162. The number of benzene rings is 2. The molecule has 2 aromatic rings. The molecule has 4 aliphatic rings. The lowest BCUT2D eigenvalue weighted by molar-refractivity contribution is -0.139. The fourth-order valence-electron chi connectivity index (χ4n) is 5.33. The van der Waals surface area contributed by atoms with E-state index in [-0.39, 0.29) is 23.9 Å². The largest absolute Gasteiger partial charge is 0.486 e. The first-order valence-electron chi connectivity index (χ1n) is 11.8. The van der Waals surface area contributed by atoms with Crippen LogP contribution >= 0.6 is 0 Å². The molecule has 1 atom stereocenters. The van der Waals surface area contributed by atoms with Crippen molar-refractivity contribution in [3.05, 3.63) is 64.2 Å². The molecule has 2 N–H and O–H groups in total. The molecule has 2 aromatic carbocycles. The van der Waals surface area contributed by atoms with E-state index in [2.05, 4.69) is 5.32 Å². The second-order valence-corrected chi connectivity index (χ2v) is 11.2. The Labute approximate surface area is 204 Å². The molecule has 0 saturated heterocycles. The third kappa shape index (κ3) is 3.90. The normalized spacial score (nSPS) is 20.5. The molecule has 0 fully saturated rings. The molecule has 1 amide bonds. The van der Waals surface area contributed by atoms with Crippen molar-refractivity contribution in [3.8, 4) is 11.5 Å². The van der Waals surface area contributed by atoms with Crippen LogP contribution in [0.3, 0.4) is 0 Å². The van der Waals surface area contributed by atoms with Gasteiger partial charge in [0.2, 0.25) is 10.0 Å². The Morgan fingerprint density at radius 1 is 1.00 bits per heavy atom. The summed E-state index contributed by atoms with van der Waals surface area (Å²) in [7, 11) is -3.72. The van der Waals surface area contributed by atoms with Gasteiger partial charge in [-0.2, -0.15) is 4.31 Å². The zero-order chi connectivity index (χ0) is 24.2. The Kier molecular flexibility index (Phi) is 5.56. The second kappa shape index (κ2) is 8.63. The minimum Gasteiger partial charge on any atom is -0.486 e. The van der Waals surface area contributed by atoms with E-state index in [9.17, 15) is 18.3 Å². The van der Waals surface area contributed by atoms with Crippen LogP contribution in [0.5, 0.6) is 11.5 Å². The molecule has 6 rings (SSSR count). The molecule has 0 bridgehead atoms. The van der Waals surface area contributed by atoms with Gasteiger partial charge >= 0.3 is 0 Å². The number of hydrogen-bond donors (Lipinski definition) is 2. The van der Waals surface area contributed by atoms with Crippen molar-refractivity contribution in [2.24, 2.45) is 0 Å². The summed E-state index contributed by atoms with van der Waals surface area (Å²) in [5.74, 6) is 0.634. The summed E-state index contributed by atoms with van der Waals surface area (Å²) in [6, 6.07) is 10.4. The lowest BCUT2D eigenvalue weighted by Gasteiger charge is -2.27. The van der Waals surface area contributed by atoms with E-state index in [4.69, 9.17) is 9.47 Å². The fraction of sp³-hybridized carbons (Fsp3) is 0.400. The molecular weight excluding hydrogens is 470 g/mol. The highest BCUT2D eigenvalue weighted by Gasteiger charge is 2.39. The van der Waals surface area contributed by atoms with Gasteiger partial charge in [-0.05, 0) is 52.9 Å². The average molecular weight is 498 g/mol. The standard InChI is InChI=1S/C25H27N3O6S/c29-24(21-3-1-2-16-11-26-7-6-20(16)21)25(30)27-12-17-14-28(15-18(17)13-27)35(31,32)19-4-5-22-23(10-19)34-9-8-33-22/h1-5,10,24,26,29H,6-9,11-15H2. The van der Waals surface area contributed by atoms with E-state index in [1.807, 2.05) is 18.2 Å². The number of ether oxygens (including phenoxy) is 2. The monoisotopic (exact) mass is 497 g/mol. The maximum atomic E-state index is 13.3. The van der Waals surface area contributed by atoms with Gasteiger partial charge in [0, 0.05) is 38.8 Å². The molecular formula is C25H27N3O6S. The quantitative estimate of drug-likeness (QED) is 0.607. The molecule has 0 spiro atoms. The highest BCUT2D eigenvalue weighted by Crippen LogP contribution is 2.36. The number of amides is 1. The van der Waals surface area contributed by atoms with Crippen LogP contribution in [0, 0.1) is 0 Å². The van der Waals surface area contributed by atoms with Gasteiger partial charge in [-0.3, -0.25) is 4.79 Å². The predicted octanol–water partition coefficient (Wildman–Crippen LogP) is 0.980. The summed E-state index contributed by atoms with van der Waals surface area (Å²) in [5.41, 5.74) is 4.67. The van der Waals surface area contributed by atoms with Crippen molar-refractivity contribution >= 4 is 15.9 Å². The summed E-state index contributed by atoms with van der Waals surface area (Å²) >= 11 is 0. The molecule has 0 aromatic heterocycles. The maximum Gasteiger partial charge on any atom is 0.256 e. The zero-order valence-electron chi connectivity index (χ0n) is 19.2. The van der Waals surface area contributed by atoms with Crippen LogP contribution in [0.1, 0.15) is 22.8 Å². The number of nitrogens with one attached hydrogen (secondary N) is 1. The first-order chi connectivity index (χ1) is 16.9. The van der Waals surface area contributed by atoms with Crippen molar-refractivity contribution < 1.29 is 27.8 Å². The second-order valence-electron chi connectivity index (χ2n) is 9.29. The number of rotatable bonds is 4. The van der Waals surface area contributed by atoms with Gasteiger partial charge in [0.25, 0.3) is 5.91 Å². The summed E-state index contributed by atoms with van der Waals surface area (Å²) in [4.78, 5) is 15.0. The summed E-state index contributed by atoms with van der Waals surface area (Å²) in [5, 5.41) is 14.2. The number of fused-ring (bicyclic) bond motifs is 2. The third-order valence-corrected chi connectivity index (χ3v) is 8.95. The molecule has 0 aliphatic carbocycles. The summed E-state index contributed by atoms with van der Waals surface area (Å²) in [6.07, 6.45) is -0.447. The maximum absolute atomic E-state index is 13.3. The molecule has 4 aliphatic heterocycles. The Hall–Kier alpha value is -2.92. The highest BCUT2D eigenvalue weighted by molar-refractivity contribution is 7.89. The molecule has 4 heterocycles. The lowest BCUT2D eigenvalue weighted by Crippen LogP contribution is -2.39. The van der Waals surface area contributed by atoms with Crippen molar-refractivity contribution in [2.75, 3.05) is 45.9 Å². The van der Waals surface area contributed by atoms with Gasteiger partial charge < -0.3 is 24.8 Å². The number of aliphatic hydroxyl groups is 1. The predicted molar refractivity (Wildman–Crippen MR) is 127 cm³/mol. The van der Waals surface area contributed by atoms with E-state index in [1.54, 1.807) is 11.0 Å². The number of carbonyl (C=O) groups is 1. The third-order valence-electron chi connectivity index (χ3n) is 7.17. The number of aliphatic hydroxyl groups excluding tert-OH is 1. The van der Waals surface area contributed by atoms with Crippen LogP contribution in [-0.2, 0) is 27.8 Å². The Morgan fingerprint density at radius 2 is 1.74 bits per heavy atom. The van der Waals surface area contributed by atoms with E-state index < -0.39 is 16.1 Å². The van der Waals surface area contributed by atoms with Crippen LogP contribution in [0.15, 0.2) is 52.4 Å². The van der Waals surface area contributed by atoms with Gasteiger partial charge in [0.1, 0.15) is 13.2 Å². The van der Waals surface area contributed by atoms with E-state index in [0.29, 0.717) is 43.4 Å². The first kappa shape index (κ1) is 22.5. The molecule has 0 radical (unpaired) electrons. The fourth-order valence-corrected chi connectivity index (χ4v) is 6.77. The van der Waals surface area contributed by atoms with Crippen LogP contribution in [-0.4, -0.2) is 74.6 Å². The van der Waals surface area contributed by atoms with Crippen molar-refractivity contribution in [1.29, 1.82) is 0 Å².